The van der Waals surface area contributed by atoms with Crippen LogP contribution in [0.5, 0.6) is 0 Å². The van der Waals surface area contributed by atoms with Gasteiger partial charge in [-0.3, -0.25) is 0 Å². The maximum atomic E-state index is 12.0. The van der Waals surface area contributed by atoms with E-state index in [0.717, 1.165) is 12.8 Å². The smallest absolute Gasteiger partial charge is 0.338 e. The van der Waals surface area contributed by atoms with E-state index >= 15 is 0 Å². The molecule has 0 radical (unpaired) electrons. The van der Waals surface area contributed by atoms with Crippen LogP contribution >= 0.6 is 0 Å². The van der Waals surface area contributed by atoms with E-state index < -0.39 is 0 Å². The Morgan fingerprint density at radius 1 is 0.875 bits per heavy atom. The van der Waals surface area contributed by atoms with Crippen LogP contribution in [-0.4, -0.2) is 24.6 Å². The molecular formula is C20H30O4. The second-order valence-corrected chi connectivity index (χ2v) is 6.48. The van der Waals surface area contributed by atoms with Crippen LogP contribution in [0.3, 0.4) is 0 Å². The number of esters is 2. The predicted molar refractivity (Wildman–Crippen MR) is 95.2 cm³/mol. The largest absolute Gasteiger partial charge is 0.462 e. The van der Waals surface area contributed by atoms with Gasteiger partial charge in [0, 0.05) is 0 Å². The summed E-state index contributed by atoms with van der Waals surface area (Å²) in [6, 6.07) is 6.42. The average molecular weight is 334 g/mol. The number of benzene rings is 1. The molecule has 0 heterocycles. The van der Waals surface area contributed by atoms with Gasteiger partial charge < -0.3 is 9.47 Å². The lowest BCUT2D eigenvalue weighted by Crippen LogP contribution is -2.20. The normalized spacial score (nSPS) is 12.0. The van der Waals surface area contributed by atoms with Gasteiger partial charge in [-0.05, 0) is 43.5 Å². The molecular weight excluding hydrogens is 304 g/mol. The molecule has 0 spiro atoms. The molecule has 134 valence electrons. The summed E-state index contributed by atoms with van der Waals surface area (Å²) in [7, 11) is 0. The fourth-order valence-corrected chi connectivity index (χ4v) is 2.07. The molecule has 0 saturated carbocycles. The third kappa shape index (κ3) is 7.16. The minimum atomic E-state index is -0.368. The highest BCUT2D eigenvalue weighted by Gasteiger charge is 2.15. The molecule has 1 rings (SSSR count). The zero-order valence-corrected chi connectivity index (χ0v) is 15.3. The summed E-state index contributed by atoms with van der Waals surface area (Å²) < 4.78 is 10.6. The summed E-state index contributed by atoms with van der Waals surface area (Å²) in [6.45, 7) is 8.48. The Hall–Kier alpha value is -1.84. The van der Waals surface area contributed by atoms with Crippen molar-refractivity contribution in [1.82, 2.24) is 0 Å². The molecule has 4 heteroatoms. The summed E-state index contributed by atoms with van der Waals surface area (Å²) in [5.74, 6) is -0.450. The lowest BCUT2D eigenvalue weighted by atomic mass is 10.1. The molecule has 1 unspecified atom stereocenters. The van der Waals surface area contributed by atoms with Gasteiger partial charge in [0.15, 0.2) is 0 Å². The van der Waals surface area contributed by atoms with Gasteiger partial charge in [-0.25, -0.2) is 9.59 Å². The van der Waals surface area contributed by atoms with Crippen LogP contribution in [-0.2, 0) is 9.47 Å². The number of carbonyl (C=O) groups is 2. The summed E-state index contributed by atoms with van der Waals surface area (Å²) in [5, 5.41) is 0. The molecule has 0 bridgehead atoms. The first-order valence-corrected chi connectivity index (χ1v) is 8.93. The van der Waals surface area contributed by atoms with Crippen LogP contribution in [0.25, 0.3) is 0 Å². The fourth-order valence-electron chi connectivity index (χ4n) is 2.07. The van der Waals surface area contributed by atoms with Crippen molar-refractivity contribution in [1.29, 1.82) is 0 Å². The van der Waals surface area contributed by atoms with Crippen LogP contribution in [0.4, 0.5) is 0 Å². The minimum absolute atomic E-state index is 0.144. The van der Waals surface area contributed by atoms with Gasteiger partial charge in [0.2, 0.25) is 0 Å². The molecule has 4 nitrogen and oxygen atoms in total. The number of hydrogen-bond acceptors (Lipinski definition) is 4. The van der Waals surface area contributed by atoms with Crippen molar-refractivity contribution < 1.29 is 19.1 Å². The molecule has 0 aliphatic heterocycles. The Labute approximate surface area is 145 Å². The van der Waals surface area contributed by atoms with Gasteiger partial charge in [0.05, 0.1) is 17.7 Å². The second-order valence-electron chi connectivity index (χ2n) is 6.48. The zero-order chi connectivity index (χ0) is 17.9. The molecule has 1 aromatic carbocycles. The van der Waals surface area contributed by atoms with Crippen LogP contribution < -0.4 is 0 Å². The van der Waals surface area contributed by atoms with E-state index in [4.69, 9.17) is 9.47 Å². The third-order valence-electron chi connectivity index (χ3n) is 4.07. The number of unbranched alkanes of at least 4 members (excludes halogenated alkanes) is 4. The first kappa shape index (κ1) is 20.2. The van der Waals surface area contributed by atoms with Crippen LogP contribution in [0.2, 0.25) is 0 Å². The van der Waals surface area contributed by atoms with Gasteiger partial charge in [0.1, 0.15) is 6.10 Å². The van der Waals surface area contributed by atoms with Gasteiger partial charge in [-0.15, -0.1) is 0 Å². The molecule has 0 aliphatic carbocycles. The van der Waals surface area contributed by atoms with E-state index in [1.165, 1.54) is 19.3 Å². The lowest BCUT2D eigenvalue weighted by molar-refractivity contribution is 0.0237. The lowest BCUT2D eigenvalue weighted by Gasteiger charge is -2.16. The summed E-state index contributed by atoms with van der Waals surface area (Å²) in [4.78, 5) is 23.9. The number of ether oxygens (including phenoxy) is 2. The standard InChI is InChI=1S/C20H30O4/c1-5-6-7-8-9-14-23-19(21)17-10-12-18(13-11-17)20(22)24-16(4)15(2)3/h10-13,15-16H,5-9,14H2,1-4H3. The Morgan fingerprint density at radius 3 is 1.96 bits per heavy atom. The molecule has 0 saturated heterocycles. The molecule has 1 aromatic rings. The van der Waals surface area contributed by atoms with Crippen LogP contribution in [0, 0.1) is 5.92 Å². The van der Waals surface area contributed by atoms with Crippen molar-refractivity contribution in [2.24, 2.45) is 5.92 Å². The number of hydrogen-bond donors (Lipinski definition) is 0. The quantitative estimate of drug-likeness (QED) is 0.445. The molecule has 0 amide bonds. The maximum absolute atomic E-state index is 12.0. The monoisotopic (exact) mass is 334 g/mol. The third-order valence-corrected chi connectivity index (χ3v) is 4.07. The first-order chi connectivity index (χ1) is 11.5. The second kappa shape index (κ2) is 10.8. The topological polar surface area (TPSA) is 52.6 Å². The Balaban J connectivity index is 2.43. The van der Waals surface area contributed by atoms with Crippen molar-refractivity contribution in [2.75, 3.05) is 6.61 Å². The highest BCUT2D eigenvalue weighted by atomic mass is 16.5. The van der Waals surface area contributed by atoms with E-state index in [9.17, 15) is 9.59 Å². The van der Waals surface area contributed by atoms with E-state index in [-0.39, 0.29) is 24.0 Å². The van der Waals surface area contributed by atoms with Gasteiger partial charge in [-0.1, -0.05) is 46.5 Å². The van der Waals surface area contributed by atoms with E-state index in [1.54, 1.807) is 24.3 Å². The first-order valence-electron chi connectivity index (χ1n) is 8.93. The number of rotatable bonds is 10. The summed E-state index contributed by atoms with van der Waals surface area (Å²) in [6.07, 6.45) is 5.43. The van der Waals surface area contributed by atoms with E-state index in [0.29, 0.717) is 17.7 Å². The summed E-state index contributed by atoms with van der Waals surface area (Å²) >= 11 is 0. The van der Waals surface area contributed by atoms with Crippen LogP contribution in [0.1, 0.15) is 80.5 Å². The Bertz CT molecular complexity index is 505. The SMILES string of the molecule is CCCCCCCOC(=O)c1ccc(C(=O)OC(C)C(C)C)cc1. The minimum Gasteiger partial charge on any atom is -0.462 e. The molecule has 1 atom stereocenters. The highest BCUT2D eigenvalue weighted by molar-refractivity contribution is 5.93. The van der Waals surface area contributed by atoms with Crippen molar-refractivity contribution >= 4 is 11.9 Å². The Kier molecular flexibility index (Phi) is 9.13. The van der Waals surface area contributed by atoms with Crippen molar-refractivity contribution in [3.63, 3.8) is 0 Å². The molecule has 0 fully saturated rings. The van der Waals surface area contributed by atoms with E-state index in [1.807, 2.05) is 20.8 Å². The summed E-state index contributed by atoms with van der Waals surface area (Å²) in [5.41, 5.74) is 0.899. The van der Waals surface area contributed by atoms with E-state index in [2.05, 4.69) is 6.92 Å². The maximum Gasteiger partial charge on any atom is 0.338 e. The van der Waals surface area contributed by atoms with Crippen LogP contribution in [0.15, 0.2) is 24.3 Å². The van der Waals surface area contributed by atoms with Crippen molar-refractivity contribution in [3.05, 3.63) is 35.4 Å². The van der Waals surface area contributed by atoms with Crippen molar-refractivity contribution in [2.45, 2.75) is 65.9 Å². The highest BCUT2D eigenvalue weighted by Crippen LogP contribution is 2.12. The average Bonchev–Trinajstić information content (AvgIpc) is 2.57. The van der Waals surface area contributed by atoms with Gasteiger partial charge >= 0.3 is 11.9 Å². The molecule has 0 N–H and O–H groups in total. The predicted octanol–water partition coefficient (Wildman–Crippen LogP) is 5.02. The number of carbonyl (C=O) groups excluding carboxylic acids is 2. The zero-order valence-electron chi connectivity index (χ0n) is 15.3. The van der Waals surface area contributed by atoms with Gasteiger partial charge in [0.25, 0.3) is 0 Å². The van der Waals surface area contributed by atoms with Crippen molar-refractivity contribution in [3.8, 4) is 0 Å². The molecule has 0 aliphatic rings. The Morgan fingerprint density at radius 2 is 1.42 bits per heavy atom. The van der Waals surface area contributed by atoms with Gasteiger partial charge in [-0.2, -0.15) is 0 Å². The molecule has 24 heavy (non-hydrogen) atoms. The molecule has 0 aromatic heterocycles. The fraction of sp³-hybridized carbons (Fsp3) is 0.600.